The van der Waals surface area contributed by atoms with Crippen LogP contribution in [0.2, 0.25) is 0 Å². The summed E-state index contributed by atoms with van der Waals surface area (Å²) in [6.07, 6.45) is 1.39. The van der Waals surface area contributed by atoms with Crippen molar-refractivity contribution in [1.29, 1.82) is 0 Å². The number of unbranched alkanes of at least 4 members (excludes halogenated alkanes) is 1. The van der Waals surface area contributed by atoms with Gasteiger partial charge in [0.05, 0.1) is 60.0 Å². The number of aromatic nitrogens is 2. The van der Waals surface area contributed by atoms with Gasteiger partial charge < -0.3 is 75.2 Å². The van der Waals surface area contributed by atoms with E-state index in [2.05, 4.69) is 21.3 Å². The molecule has 482 valence electrons. The molecule has 0 radical (unpaired) electrons. The number of amides is 3. The third kappa shape index (κ3) is 18.9. The number of carbonyl (C=O) groups is 6. The van der Waals surface area contributed by atoms with E-state index in [1.165, 1.54) is 0 Å². The number of hydrogen-bond donors (Lipinski definition) is 6. The highest BCUT2D eigenvalue weighted by atomic mass is 16.7. The van der Waals surface area contributed by atoms with Crippen molar-refractivity contribution in [2.75, 3.05) is 57.9 Å². The summed E-state index contributed by atoms with van der Waals surface area (Å²) in [7, 11) is 0. The standard InChI is InChI=1S/C66H88N8O15/c1-10-46-47-36-45(87-62(81)88-63(3,4)5)24-25-51(47)72-56-48(46)38-74-54(56)37-50-49(59(74)78)40-83-60(79)66(50,11-2)89-61(80)84-39-43-20-22-44(23-21-43)70-57(76)52(19-15-16-28-67)73-58(77)53(35-42-17-13-12-14-18-42)71-55(75)41-82-34-31-69-30-26-64(6,7)85-32-27-65(8,9)86-33-29-68/h12-14,17-18,20-25,36-37,52-53,69H,10-11,15-16,19,26-35,38-41,67-68H2,1-9H3,(H,70,76)(H,71,75)(H,73,77). The van der Waals surface area contributed by atoms with Gasteiger partial charge in [-0.2, -0.15) is 0 Å². The summed E-state index contributed by atoms with van der Waals surface area (Å²) in [6.45, 7) is 19.4. The number of carbonyl (C=O) groups excluding carboxylic acids is 6. The van der Waals surface area contributed by atoms with Gasteiger partial charge in [-0.3, -0.25) is 19.2 Å². The van der Waals surface area contributed by atoms with Crippen molar-refractivity contribution in [3.05, 3.63) is 123 Å². The van der Waals surface area contributed by atoms with E-state index in [-0.39, 0.29) is 80.3 Å². The minimum Gasteiger partial charge on any atom is -0.457 e. The molecule has 89 heavy (non-hydrogen) atoms. The van der Waals surface area contributed by atoms with Crippen molar-refractivity contribution in [1.82, 2.24) is 25.5 Å². The molecule has 4 heterocycles. The van der Waals surface area contributed by atoms with E-state index in [4.69, 9.17) is 54.3 Å². The molecule has 7 rings (SSSR count). The van der Waals surface area contributed by atoms with Crippen LogP contribution < -0.4 is 43.0 Å². The maximum Gasteiger partial charge on any atom is 0.514 e. The molecule has 0 saturated heterocycles. The molecule has 3 unspecified atom stereocenters. The average molecular weight is 1230 g/mol. The second-order valence-electron chi connectivity index (χ2n) is 24.4. The highest BCUT2D eigenvalue weighted by molar-refractivity contribution is 5.98. The maximum atomic E-state index is 14.4. The second-order valence-corrected chi connectivity index (χ2v) is 24.4. The molecule has 23 heteroatoms. The summed E-state index contributed by atoms with van der Waals surface area (Å²) in [5.41, 5.74) is 12.6. The Morgan fingerprint density at radius 1 is 0.764 bits per heavy atom. The number of ether oxygens (including phenoxy) is 8. The zero-order valence-electron chi connectivity index (χ0n) is 52.8. The van der Waals surface area contributed by atoms with Gasteiger partial charge in [-0.15, -0.1) is 0 Å². The van der Waals surface area contributed by atoms with Crippen molar-refractivity contribution in [3.63, 3.8) is 0 Å². The Morgan fingerprint density at radius 2 is 1.49 bits per heavy atom. The maximum absolute atomic E-state index is 14.4. The zero-order chi connectivity index (χ0) is 64.5. The topological polar surface area (TPSA) is 311 Å². The molecule has 23 nitrogen and oxygen atoms in total. The molecule has 0 aliphatic carbocycles. The number of fused-ring (bicyclic) bond motifs is 5. The molecule has 3 aromatic carbocycles. The van der Waals surface area contributed by atoms with Crippen LogP contribution in [0.25, 0.3) is 22.3 Å². The summed E-state index contributed by atoms with van der Waals surface area (Å²) in [4.78, 5) is 101. The van der Waals surface area contributed by atoms with E-state index >= 15 is 0 Å². The van der Waals surface area contributed by atoms with Gasteiger partial charge in [-0.05, 0) is 160 Å². The van der Waals surface area contributed by atoms with E-state index in [1.807, 2.05) is 65.0 Å². The van der Waals surface area contributed by atoms with Crippen molar-refractivity contribution in [2.24, 2.45) is 11.5 Å². The predicted molar refractivity (Wildman–Crippen MR) is 334 cm³/mol. The normalized spacial score (nSPS) is 15.2. The molecular weight excluding hydrogens is 1140 g/mol. The Bertz CT molecular complexity index is 3350. The lowest BCUT2D eigenvalue weighted by atomic mass is 9.85. The van der Waals surface area contributed by atoms with E-state index in [0.717, 1.165) is 34.9 Å². The predicted octanol–water partition coefficient (Wildman–Crippen LogP) is 7.53. The van der Waals surface area contributed by atoms with Gasteiger partial charge in [0.1, 0.15) is 43.3 Å². The summed E-state index contributed by atoms with van der Waals surface area (Å²) < 4.78 is 47.0. The SMILES string of the molecule is CCc1c2c(nc3ccc(OC(=O)OC(C)(C)C)cc13)-c1cc3c(c(=O)n1C2)COC(=O)C3(CC)OC(=O)OCc1ccc(NC(=O)C(CCCCN)NC(=O)C(Cc2ccccc2)NC(=O)COCCNCCC(C)(C)OCCC(C)(C)OCCN)cc1. The van der Waals surface area contributed by atoms with E-state index in [9.17, 15) is 33.6 Å². The molecule has 3 atom stereocenters. The summed E-state index contributed by atoms with van der Waals surface area (Å²) in [5, 5.41) is 12.6. The van der Waals surface area contributed by atoms with Crippen LogP contribution in [0.3, 0.4) is 0 Å². The van der Waals surface area contributed by atoms with E-state index < -0.39 is 64.8 Å². The number of anilines is 1. The van der Waals surface area contributed by atoms with Gasteiger partial charge in [0.15, 0.2) is 0 Å². The van der Waals surface area contributed by atoms with Crippen LogP contribution in [0.1, 0.15) is 134 Å². The minimum atomic E-state index is -2.04. The average Bonchev–Trinajstić information content (AvgIpc) is 1.68. The number of hydrogen-bond acceptors (Lipinski definition) is 19. The number of aryl methyl sites for hydroxylation is 1. The second kappa shape index (κ2) is 31.1. The molecule has 2 aliphatic heterocycles. The fourth-order valence-electron chi connectivity index (χ4n) is 10.6. The molecule has 8 N–H and O–H groups in total. The van der Waals surface area contributed by atoms with Crippen LogP contribution in [0.5, 0.6) is 5.75 Å². The summed E-state index contributed by atoms with van der Waals surface area (Å²) >= 11 is 0. The number of nitrogens with one attached hydrogen (secondary N) is 4. The quantitative estimate of drug-likeness (QED) is 0.0103. The highest BCUT2D eigenvalue weighted by Crippen LogP contribution is 2.43. The first-order valence-electron chi connectivity index (χ1n) is 30.6. The van der Waals surface area contributed by atoms with Gasteiger partial charge in [-0.1, -0.05) is 56.3 Å². The van der Waals surface area contributed by atoms with Crippen LogP contribution in [0, 0.1) is 0 Å². The van der Waals surface area contributed by atoms with Gasteiger partial charge >= 0.3 is 18.3 Å². The zero-order valence-corrected chi connectivity index (χ0v) is 52.8. The molecule has 0 spiro atoms. The first kappa shape index (κ1) is 68.7. The highest BCUT2D eigenvalue weighted by Gasteiger charge is 2.51. The first-order valence-corrected chi connectivity index (χ1v) is 30.6. The van der Waals surface area contributed by atoms with Crippen molar-refractivity contribution in [2.45, 2.75) is 168 Å². The number of nitrogens with zero attached hydrogens (tertiary/aromatic N) is 2. The van der Waals surface area contributed by atoms with Crippen LogP contribution in [-0.4, -0.2) is 127 Å². The Balaban J connectivity index is 0.944. The molecule has 2 aliphatic rings. The van der Waals surface area contributed by atoms with Crippen LogP contribution in [0.15, 0.2) is 83.7 Å². The Hall–Kier alpha value is -7.80. The molecule has 3 amide bonds. The Kier molecular flexibility index (Phi) is 24.0. The van der Waals surface area contributed by atoms with Gasteiger partial charge in [-0.25, -0.2) is 19.4 Å². The van der Waals surface area contributed by atoms with Crippen molar-refractivity contribution >= 4 is 52.6 Å². The molecule has 5 aromatic rings. The largest absolute Gasteiger partial charge is 0.514 e. The fraction of sp³-hybridized carbons (Fsp3) is 0.515. The smallest absolute Gasteiger partial charge is 0.457 e. The summed E-state index contributed by atoms with van der Waals surface area (Å²) in [6, 6.07) is 20.3. The Morgan fingerprint density at radius 3 is 2.19 bits per heavy atom. The van der Waals surface area contributed by atoms with Crippen molar-refractivity contribution < 1.29 is 66.7 Å². The minimum absolute atomic E-state index is 0.0991. The monoisotopic (exact) mass is 1230 g/mol. The summed E-state index contributed by atoms with van der Waals surface area (Å²) in [5.74, 6) is -2.18. The van der Waals surface area contributed by atoms with E-state index in [0.29, 0.717) is 86.8 Å². The number of nitrogens with two attached hydrogens (primary N) is 2. The number of rotatable bonds is 32. The molecule has 0 fully saturated rings. The lowest BCUT2D eigenvalue weighted by Crippen LogP contribution is -2.54. The number of pyridine rings is 2. The third-order valence-electron chi connectivity index (χ3n) is 15.4. The number of cyclic esters (lactones) is 1. The lowest BCUT2D eigenvalue weighted by molar-refractivity contribution is -0.175. The number of benzene rings is 3. The van der Waals surface area contributed by atoms with Crippen molar-refractivity contribution in [3.8, 4) is 17.1 Å². The van der Waals surface area contributed by atoms with E-state index in [1.54, 1.807) is 80.8 Å². The fourth-order valence-corrected chi connectivity index (χ4v) is 10.6. The molecule has 0 bridgehead atoms. The molecular formula is C66H88N8O15. The first-order chi connectivity index (χ1) is 42.4. The third-order valence-corrected chi connectivity index (χ3v) is 15.4. The lowest BCUT2D eigenvalue weighted by Gasteiger charge is -2.35. The molecule has 2 aromatic heterocycles. The Labute approximate surface area is 519 Å². The van der Waals surface area contributed by atoms with Crippen LogP contribution in [-0.2, 0) is 90.5 Å². The molecule has 0 saturated carbocycles. The van der Waals surface area contributed by atoms with Gasteiger partial charge in [0.2, 0.25) is 23.3 Å². The number of esters is 1. The van der Waals surface area contributed by atoms with Gasteiger partial charge in [0.25, 0.3) is 5.56 Å². The van der Waals surface area contributed by atoms with Gasteiger partial charge in [0, 0.05) is 41.7 Å². The van der Waals surface area contributed by atoms with Crippen LogP contribution >= 0.6 is 0 Å². The van der Waals surface area contributed by atoms with Crippen LogP contribution in [0.4, 0.5) is 15.3 Å².